The Bertz CT molecular complexity index is 634. The van der Waals surface area contributed by atoms with E-state index in [1.165, 1.54) is 70.4 Å². The van der Waals surface area contributed by atoms with Crippen molar-refractivity contribution in [1.29, 1.82) is 0 Å². The first kappa shape index (κ1) is 17.8. The monoisotopic (exact) mass is 369 g/mol. The Kier molecular flexibility index (Phi) is 5.04. The van der Waals surface area contributed by atoms with Crippen molar-refractivity contribution in [2.45, 2.75) is 50.6 Å². The molecule has 4 aliphatic rings. The van der Waals surface area contributed by atoms with E-state index in [1.54, 1.807) is 7.11 Å². The van der Waals surface area contributed by atoms with Crippen LogP contribution in [0.4, 0.5) is 5.69 Å². The summed E-state index contributed by atoms with van der Waals surface area (Å²) >= 11 is 0. The highest BCUT2D eigenvalue weighted by Crippen LogP contribution is 2.47. The summed E-state index contributed by atoms with van der Waals surface area (Å²) in [6.07, 6.45) is 8.84. The van der Waals surface area contributed by atoms with Crippen molar-refractivity contribution < 1.29 is 4.74 Å². The van der Waals surface area contributed by atoms with Gasteiger partial charge in [-0.15, -0.1) is 0 Å². The number of likely N-dealkylation sites (tertiary alicyclic amines) is 1. The lowest BCUT2D eigenvalue weighted by atomic mass is 9.91. The first-order valence-electron chi connectivity index (χ1n) is 11.2. The van der Waals surface area contributed by atoms with Crippen LogP contribution in [-0.2, 0) is 0 Å². The summed E-state index contributed by atoms with van der Waals surface area (Å²) < 4.78 is 5.56. The van der Waals surface area contributed by atoms with E-state index >= 15 is 0 Å². The molecule has 5 rings (SSSR count). The number of piperidine rings is 1. The number of rotatable bonds is 4. The number of ether oxygens (including phenoxy) is 1. The summed E-state index contributed by atoms with van der Waals surface area (Å²) in [7, 11) is 1.78. The molecule has 2 saturated carbocycles. The first-order chi connectivity index (χ1) is 13.3. The largest absolute Gasteiger partial charge is 0.495 e. The molecule has 148 valence electrons. The zero-order valence-electron chi connectivity index (χ0n) is 16.9. The number of para-hydroxylation sites is 2. The van der Waals surface area contributed by atoms with Gasteiger partial charge in [-0.25, -0.2) is 0 Å². The van der Waals surface area contributed by atoms with E-state index in [9.17, 15) is 0 Å². The van der Waals surface area contributed by atoms with Crippen LogP contribution < -0.4 is 9.64 Å². The van der Waals surface area contributed by atoms with Crippen LogP contribution in [0, 0.1) is 11.8 Å². The third kappa shape index (κ3) is 3.47. The molecule has 4 nitrogen and oxygen atoms in total. The van der Waals surface area contributed by atoms with Gasteiger partial charge in [0.15, 0.2) is 0 Å². The van der Waals surface area contributed by atoms with Crippen LogP contribution in [0.2, 0.25) is 0 Å². The van der Waals surface area contributed by atoms with Crippen LogP contribution in [0.5, 0.6) is 5.75 Å². The van der Waals surface area contributed by atoms with E-state index in [2.05, 4.69) is 39.0 Å². The molecule has 2 heterocycles. The fourth-order valence-electron chi connectivity index (χ4n) is 6.46. The molecule has 0 radical (unpaired) electrons. The third-order valence-electron chi connectivity index (χ3n) is 7.93. The number of nitrogens with zero attached hydrogens (tertiary/aromatic N) is 3. The van der Waals surface area contributed by atoms with Crippen molar-refractivity contribution >= 4 is 5.69 Å². The average Bonchev–Trinajstić information content (AvgIpc) is 3.38. The molecule has 27 heavy (non-hydrogen) atoms. The van der Waals surface area contributed by atoms with Crippen LogP contribution >= 0.6 is 0 Å². The molecule has 1 aromatic carbocycles. The van der Waals surface area contributed by atoms with Crippen molar-refractivity contribution in [3.8, 4) is 5.75 Å². The molecule has 0 spiro atoms. The minimum Gasteiger partial charge on any atom is -0.495 e. The fourth-order valence-corrected chi connectivity index (χ4v) is 6.46. The molecule has 3 atom stereocenters. The van der Waals surface area contributed by atoms with Gasteiger partial charge in [0.2, 0.25) is 0 Å². The molecule has 0 unspecified atom stereocenters. The van der Waals surface area contributed by atoms with Gasteiger partial charge in [-0.1, -0.05) is 18.6 Å². The highest BCUT2D eigenvalue weighted by atomic mass is 16.5. The van der Waals surface area contributed by atoms with Gasteiger partial charge in [-0.2, -0.15) is 0 Å². The summed E-state index contributed by atoms with van der Waals surface area (Å²) in [5, 5.41) is 0. The predicted molar refractivity (Wildman–Crippen MR) is 111 cm³/mol. The Morgan fingerprint density at radius 1 is 0.815 bits per heavy atom. The minimum absolute atomic E-state index is 0.805. The lowest BCUT2D eigenvalue weighted by molar-refractivity contribution is 0.0617. The number of methoxy groups -OCH3 is 1. The quantitative estimate of drug-likeness (QED) is 0.809. The second-order valence-corrected chi connectivity index (χ2v) is 9.20. The molecule has 4 fully saturated rings. The number of fused-ring (bicyclic) bond motifs is 2. The number of benzene rings is 1. The van der Waals surface area contributed by atoms with Gasteiger partial charge >= 0.3 is 0 Å². The summed E-state index contributed by atoms with van der Waals surface area (Å²) in [5.41, 5.74) is 1.26. The standard InChI is InChI=1S/C23H35N3O/c1-27-23-5-3-2-4-21(23)26-14-12-24(13-15-26)20-8-10-25(11-9-20)22-17-18-6-7-19(22)16-18/h2-5,18-20,22H,6-17H2,1H3/t18-,19-,22-/m0/s1. The minimum atomic E-state index is 0.805. The molecule has 0 amide bonds. The molecule has 1 aromatic rings. The maximum atomic E-state index is 5.56. The SMILES string of the molecule is COc1ccccc1N1CCN(C2CCN([C@H]3C[C@H]4CC[C@H]3C4)CC2)CC1. The number of anilines is 1. The molecule has 0 N–H and O–H groups in total. The topological polar surface area (TPSA) is 19.0 Å². The molecule has 2 aliphatic carbocycles. The average molecular weight is 370 g/mol. The second-order valence-electron chi connectivity index (χ2n) is 9.20. The number of hydrogen-bond donors (Lipinski definition) is 0. The Balaban J connectivity index is 1.12. The van der Waals surface area contributed by atoms with Crippen LogP contribution in [0.25, 0.3) is 0 Å². The van der Waals surface area contributed by atoms with Crippen molar-refractivity contribution in [3.05, 3.63) is 24.3 Å². The van der Waals surface area contributed by atoms with E-state index in [4.69, 9.17) is 4.74 Å². The Morgan fingerprint density at radius 2 is 1.59 bits per heavy atom. The van der Waals surface area contributed by atoms with E-state index < -0.39 is 0 Å². The zero-order chi connectivity index (χ0) is 18.2. The van der Waals surface area contributed by atoms with Gasteiger partial charge in [0.1, 0.15) is 5.75 Å². The van der Waals surface area contributed by atoms with Crippen LogP contribution in [0.15, 0.2) is 24.3 Å². The van der Waals surface area contributed by atoms with Gasteiger partial charge < -0.3 is 9.64 Å². The Hall–Kier alpha value is -1.26. The fraction of sp³-hybridized carbons (Fsp3) is 0.739. The Labute approximate surface area is 164 Å². The third-order valence-corrected chi connectivity index (χ3v) is 7.93. The van der Waals surface area contributed by atoms with Crippen molar-refractivity contribution in [3.63, 3.8) is 0 Å². The Morgan fingerprint density at radius 3 is 2.26 bits per heavy atom. The van der Waals surface area contributed by atoms with E-state index in [0.717, 1.165) is 42.8 Å². The van der Waals surface area contributed by atoms with Gasteiger partial charge in [0.25, 0.3) is 0 Å². The van der Waals surface area contributed by atoms with Crippen LogP contribution in [0.3, 0.4) is 0 Å². The van der Waals surface area contributed by atoms with Crippen LogP contribution in [-0.4, -0.2) is 68.3 Å². The summed E-state index contributed by atoms with van der Waals surface area (Å²) in [4.78, 5) is 8.13. The van der Waals surface area contributed by atoms with Crippen molar-refractivity contribution in [2.75, 3.05) is 51.3 Å². The smallest absolute Gasteiger partial charge is 0.142 e. The normalized spacial score (nSPS) is 32.9. The molecular formula is C23H35N3O. The molecule has 4 heteroatoms. The number of hydrogen-bond acceptors (Lipinski definition) is 4. The maximum absolute atomic E-state index is 5.56. The predicted octanol–water partition coefficient (Wildman–Crippen LogP) is 3.47. The van der Waals surface area contributed by atoms with E-state index in [1.807, 2.05) is 0 Å². The van der Waals surface area contributed by atoms with Gasteiger partial charge in [-0.3, -0.25) is 9.80 Å². The molecule has 2 saturated heterocycles. The zero-order valence-corrected chi connectivity index (χ0v) is 16.9. The van der Waals surface area contributed by atoms with Crippen molar-refractivity contribution in [2.24, 2.45) is 11.8 Å². The lowest BCUT2D eigenvalue weighted by Crippen LogP contribution is -2.54. The summed E-state index contributed by atoms with van der Waals surface area (Å²) in [5.74, 6) is 3.11. The van der Waals surface area contributed by atoms with Crippen molar-refractivity contribution in [1.82, 2.24) is 9.80 Å². The first-order valence-corrected chi connectivity index (χ1v) is 11.2. The lowest BCUT2D eigenvalue weighted by Gasteiger charge is -2.45. The molecule has 0 aromatic heterocycles. The van der Waals surface area contributed by atoms with E-state index in [-0.39, 0.29) is 0 Å². The van der Waals surface area contributed by atoms with Crippen LogP contribution in [0.1, 0.15) is 38.5 Å². The highest BCUT2D eigenvalue weighted by molar-refractivity contribution is 5.58. The highest BCUT2D eigenvalue weighted by Gasteiger charge is 2.43. The summed E-state index contributed by atoms with van der Waals surface area (Å²) in [6.45, 7) is 7.30. The number of piperazine rings is 1. The summed E-state index contributed by atoms with van der Waals surface area (Å²) in [6, 6.07) is 10.2. The van der Waals surface area contributed by atoms with Gasteiger partial charge in [0, 0.05) is 38.3 Å². The molecule has 2 aliphatic heterocycles. The molecule has 2 bridgehead atoms. The molecular weight excluding hydrogens is 334 g/mol. The maximum Gasteiger partial charge on any atom is 0.142 e. The second kappa shape index (κ2) is 7.63. The van der Waals surface area contributed by atoms with Gasteiger partial charge in [0.05, 0.1) is 12.8 Å². The van der Waals surface area contributed by atoms with E-state index in [0.29, 0.717) is 0 Å². The van der Waals surface area contributed by atoms with Gasteiger partial charge in [-0.05, 0) is 69.2 Å².